The predicted octanol–water partition coefficient (Wildman–Crippen LogP) is 4.19. The Kier molecular flexibility index (Phi) is 5.53. The predicted molar refractivity (Wildman–Crippen MR) is 87.9 cm³/mol. The fourth-order valence-corrected chi connectivity index (χ4v) is 4.69. The molecule has 118 valence electrons. The number of rotatable bonds is 5. The molecular weight excluding hydrogens is 244 g/mol. The van der Waals surface area contributed by atoms with Crippen LogP contribution in [-0.4, -0.2) is 30.1 Å². The van der Waals surface area contributed by atoms with Gasteiger partial charge in [0.2, 0.25) is 0 Å². The summed E-state index contributed by atoms with van der Waals surface area (Å²) in [5.74, 6) is 0.952. The normalized spacial score (nSPS) is 35.1. The molecule has 2 nitrogen and oxygen atoms in total. The van der Waals surface area contributed by atoms with Gasteiger partial charge in [0.15, 0.2) is 0 Å². The van der Waals surface area contributed by atoms with E-state index in [1.165, 1.54) is 70.9 Å². The van der Waals surface area contributed by atoms with E-state index in [4.69, 9.17) is 5.73 Å². The second-order valence-corrected chi connectivity index (χ2v) is 7.51. The molecule has 1 saturated heterocycles. The van der Waals surface area contributed by atoms with Crippen molar-refractivity contribution in [2.75, 3.05) is 19.6 Å². The van der Waals surface area contributed by atoms with E-state index in [9.17, 15) is 0 Å². The molecule has 0 bridgehead atoms. The van der Waals surface area contributed by atoms with E-state index < -0.39 is 0 Å². The highest BCUT2D eigenvalue weighted by atomic mass is 15.2. The minimum atomic E-state index is 0.329. The van der Waals surface area contributed by atoms with E-state index in [0.717, 1.165) is 12.5 Å². The summed E-state index contributed by atoms with van der Waals surface area (Å²) >= 11 is 0. The average molecular weight is 280 g/mol. The Balaban J connectivity index is 2.08. The van der Waals surface area contributed by atoms with Crippen LogP contribution >= 0.6 is 0 Å². The molecule has 0 aromatic heterocycles. The summed E-state index contributed by atoms with van der Waals surface area (Å²) in [5, 5.41) is 0. The Morgan fingerprint density at radius 1 is 1.05 bits per heavy atom. The van der Waals surface area contributed by atoms with Gasteiger partial charge in [-0.15, -0.1) is 0 Å². The number of nitrogens with two attached hydrogens (primary N) is 1. The smallest absolute Gasteiger partial charge is 0.0332 e. The molecule has 1 saturated carbocycles. The van der Waals surface area contributed by atoms with E-state index in [1.54, 1.807) is 0 Å². The second kappa shape index (κ2) is 6.79. The fraction of sp³-hybridized carbons (Fsp3) is 1.00. The van der Waals surface area contributed by atoms with Gasteiger partial charge in [-0.25, -0.2) is 0 Å². The molecule has 2 heteroatoms. The van der Waals surface area contributed by atoms with Gasteiger partial charge in [0, 0.05) is 18.6 Å². The van der Waals surface area contributed by atoms with Crippen LogP contribution in [0.25, 0.3) is 0 Å². The van der Waals surface area contributed by atoms with E-state index in [-0.39, 0.29) is 0 Å². The molecule has 2 N–H and O–H groups in total. The van der Waals surface area contributed by atoms with Crippen LogP contribution in [0.4, 0.5) is 0 Å². The monoisotopic (exact) mass is 280 g/mol. The zero-order valence-corrected chi connectivity index (χ0v) is 14.1. The highest BCUT2D eigenvalue weighted by Gasteiger charge is 2.44. The Morgan fingerprint density at radius 3 is 2.35 bits per heavy atom. The maximum atomic E-state index is 6.30. The van der Waals surface area contributed by atoms with Gasteiger partial charge in [-0.3, -0.25) is 4.90 Å². The minimum absolute atomic E-state index is 0.329. The molecule has 2 rings (SSSR count). The molecule has 2 aliphatic rings. The SMILES string of the molecule is CCC1CCCC(CN)(N2CCC(CC)(CC)C2)CC1. The third-order valence-corrected chi connectivity index (χ3v) is 6.84. The van der Waals surface area contributed by atoms with Crippen molar-refractivity contribution >= 4 is 0 Å². The largest absolute Gasteiger partial charge is 0.329 e. The third-order valence-electron chi connectivity index (χ3n) is 6.84. The zero-order valence-electron chi connectivity index (χ0n) is 14.1. The Labute approximate surface area is 126 Å². The van der Waals surface area contributed by atoms with Crippen LogP contribution < -0.4 is 5.73 Å². The standard InChI is InChI=1S/C18H36N2/c1-4-16-8-7-10-18(14-19,11-9-16)20-13-12-17(5-2,6-3)15-20/h16H,4-15,19H2,1-3H3. The van der Waals surface area contributed by atoms with Crippen molar-refractivity contribution in [1.29, 1.82) is 0 Å². The molecule has 0 radical (unpaired) electrons. The molecular formula is C18H36N2. The third kappa shape index (κ3) is 3.06. The van der Waals surface area contributed by atoms with Crippen LogP contribution in [0, 0.1) is 11.3 Å². The van der Waals surface area contributed by atoms with Crippen molar-refractivity contribution in [3.05, 3.63) is 0 Å². The first-order valence-electron chi connectivity index (χ1n) is 9.09. The van der Waals surface area contributed by atoms with Crippen molar-refractivity contribution in [3.8, 4) is 0 Å². The second-order valence-electron chi connectivity index (χ2n) is 7.51. The molecule has 0 spiro atoms. The minimum Gasteiger partial charge on any atom is -0.329 e. The van der Waals surface area contributed by atoms with Gasteiger partial charge >= 0.3 is 0 Å². The van der Waals surface area contributed by atoms with Gasteiger partial charge in [-0.2, -0.15) is 0 Å². The molecule has 1 aliphatic carbocycles. The summed E-state index contributed by atoms with van der Waals surface area (Å²) in [7, 11) is 0. The van der Waals surface area contributed by atoms with Crippen LogP contribution in [0.2, 0.25) is 0 Å². The molecule has 2 fully saturated rings. The number of hydrogen-bond donors (Lipinski definition) is 1. The van der Waals surface area contributed by atoms with Crippen molar-refractivity contribution in [1.82, 2.24) is 4.90 Å². The van der Waals surface area contributed by atoms with Gasteiger partial charge in [-0.05, 0) is 56.4 Å². The summed E-state index contributed by atoms with van der Waals surface area (Å²) < 4.78 is 0. The maximum Gasteiger partial charge on any atom is 0.0332 e. The molecule has 0 aromatic rings. The number of nitrogens with zero attached hydrogens (tertiary/aromatic N) is 1. The van der Waals surface area contributed by atoms with Crippen LogP contribution in [0.3, 0.4) is 0 Å². The van der Waals surface area contributed by atoms with Gasteiger partial charge < -0.3 is 5.73 Å². The first-order chi connectivity index (χ1) is 9.63. The lowest BCUT2D eigenvalue weighted by Gasteiger charge is -2.42. The lowest BCUT2D eigenvalue weighted by atomic mass is 9.81. The summed E-state index contributed by atoms with van der Waals surface area (Å²) in [6.45, 7) is 10.6. The van der Waals surface area contributed by atoms with Crippen molar-refractivity contribution in [3.63, 3.8) is 0 Å². The molecule has 20 heavy (non-hydrogen) atoms. The average Bonchev–Trinajstić information content (AvgIpc) is 2.82. The molecule has 2 unspecified atom stereocenters. The number of likely N-dealkylation sites (tertiary alicyclic amines) is 1. The highest BCUT2D eigenvalue weighted by Crippen LogP contribution is 2.44. The van der Waals surface area contributed by atoms with E-state index >= 15 is 0 Å². The highest BCUT2D eigenvalue weighted by molar-refractivity contribution is 5.00. The first-order valence-corrected chi connectivity index (χ1v) is 9.09. The van der Waals surface area contributed by atoms with Crippen LogP contribution in [-0.2, 0) is 0 Å². The molecule has 1 heterocycles. The van der Waals surface area contributed by atoms with Gasteiger partial charge in [0.25, 0.3) is 0 Å². The van der Waals surface area contributed by atoms with Crippen molar-refractivity contribution in [2.45, 2.75) is 84.1 Å². The topological polar surface area (TPSA) is 29.3 Å². The summed E-state index contributed by atoms with van der Waals surface area (Å²) in [6.07, 6.45) is 12.3. The molecule has 1 aliphatic heterocycles. The van der Waals surface area contributed by atoms with E-state index in [2.05, 4.69) is 25.7 Å². The summed E-state index contributed by atoms with van der Waals surface area (Å²) in [5.41, 5.74) is 7.22. The van der Waals surface area contributed by atoms with Gasteiger partial charge in [0.1, 0.15) is 0 Å². The van der Waals surface area contributed by atoms with Crippen molar-refractivity contribution < 1.29 is 0 Å². The summed E-state index contributed by atoms with van der Waals surface area (Å²) in [6, 6.07) is 0. The lowest BCUT2D eigenvalue weighted by molar-refractivity contribution is 0.0861. The quantitative estimate of drug-likeness (QED) is 0.765. The molecule has 0 amide bonds. The Morgan fingerprint density at radius 2 is 1.80 bits per heavy atom. The van der Waals surface area contributed by atoms with E-state index in [0.29, 0.717) is 11.0 Å². The lowest BCUT2D eigenvalue weighted by Crippen LogP contribution is -2.53. The number of hydrogen-bond acceptors (Lipinski definition) is 2. The van der Waals surface area contributed by atoms with Crippen LogP contribution in [0.5, 0.6) is 0 Å². The molecule has 0 aromatic carbocycles. The first kappa shape index (κ1) is 16.3. The molecule has 2 atom stereocenters. The Hall–Kier alpha value is -0.0800. The van der Waals surface area contributed by atoms with Gasteiger partial charge in [-0.1, -0.05) is 40.0 Å². The van der Waals surface area contributed by atoms with Gasteiger partial charge in [0.05, 0.1) is 0 Å². The Bertz CT molecular complexity index is 298. The zero-order chi connectivity index (χ0) is 14.6. The fourth-order valence-electron chi connectivity index (χ4n) is 4.69. The summed E-state index contributed by atoms with van der Waals surface area (Å²) in [4.78, 5) is 2.80. The maximum absolute atomic E-state index is 6.30. The van der Waals surface area contributed by atoms with Crippen molar-refractivity contribution in [2.24, 2.45) is 17.1 Å². The van der Waals surface area contributed by atoms with Crippen LogP contribution in [0.15, 0.2) is 0 Å². The van der Waals surface area contributed by atoms with E-state index in [1.807, 2.05) is 0 Å². The van der Waals surface area contributed by atoms with Crippen LogP contribution in [0.1, 0.15) is 78.6 Å².